The second-order valence-electron chi connectivity index (χ2n) is 5.40. The van der Waals surface area contributed by atoms with Gasteiger partial charge in [-0.2, -0.15) is 0 Å². The Morgan fingerprint density at radius 3 is 2.60 bits per heavy atom. The van der Waals surface area contributed by atoms with Gasteiger partial charge in [0.05, 0.1) is 0 Å². The monoisotopic (exact) mass is 336 g/mol. The van der Waals surface area contributed by atoms with Crippen LogP contribution >= 0.6 is 0 Å². The Hall–Kier alpha value is -3.26. The average Bonchev–Trinajstić information content (AvgIpc) is 2.61. The molecular formula is C20H20N2O3. The molecule has 0 saturated carbocycles. The Morgan fingerprint density at radius 2 is 1.92 bits per heavy atom. The summed E-state index contributed by atoms with van der Waals surface area (Å²) in [6, 6.07) is 14.5. The summed E-state index contributed by atoms with van der Waals surface area (Å²) in [5.41, 5.74) is 8.50. The molecule has 0 bridgehead atoms. The van der Waals surface area contributed by atoms with Crippen molar-refractivity contribution in [3.05, 3.63) is 65.2 Å². The van der Waals surface area contributed by atoms with Gasteiger partial charge in [0.1, 0.15) is 6.61 Å². The SMILES string of the molecule is CC(=O)c1ccc(C#CCCNC(=O)OCc2ccccc2)c(N)c1. The van der Waals surface area contributed by atoms with E-state index in [2.05, 4.69) is 17.2 Å². The maximum atomic E-state index is 11.6. The first-order valence-corrected chi connectivity index (χ1v) is 7.90. The molecule has 0 unspecified atom stereocenters. The number of amides is 1. The molecular weight excluding hydrogens is 316 g/mol. The van der Waals surface area contributed by atoms with E-state index in [4.69, 9.17) is 10.5 Å². The first-order valence-electron chi connectivity index (χ1n) is 7.90. The lowest BCUT2D eigenvalue weighted by Gasteiger charge is -2.05. The zero-order chi connectivity index (χ0) is 18.1. The predicted molar refractivity (Wildman–Crippen MR) is 97.0 cm³/mol. The number of anilines is 1. The van der Waals surface area contributed by atoms with Gasteiger partial charge in [-0.15, -0.1) is 0 Å². The highest BCUT2D eigenvalue weighted by molar-refractivity contribution is 5.95. The number of carbonyl (C=O) groups is 2. The molecule has 1 amide bonds. The number of carbonyl (C=O) groups excluding carboxylic acids is 2. The van der Waals surface area contributed by atoms with Crippen molar-refractivity contribution in [2.75, 3.05) is 12.3 Å². The highest BCUT2D eigenvalue weighted by Crippen LogP contribution is 2.13. The summed E-state index contributed by atoms with van der Waals surface area (Å²) in [4.78, 5) is 22.8. The summed E-state index contributed by atoms with van der Waals surface area (Å²) < 4.78 is 5.10. The van der Waals surface area contributed by atoms with Crippen LogP contribution in [0.2, 0.25) is 0 Å². The lowest BCUT2D eigenvalue weighted by molar-refractivity contribution is 0.101. The minimum atomic E-state index is -0.476. The summed E-state index contributed by atoms with van der Waals surface area (Å²) in [5, 5.41) is 2.64. The van der Waals surface area contributed by atoms with Gasteiger partial charge in [0.25, 0.3) is 0 Å². The van der Waals surface area contributed by atoms with Crippen LogP contribution in [0.5, 0.6) is 0 Å². The number of ether oxygens (including phenoxy) is 1. The lowest BCUT2D eigenvalue weighted by atomic mass is 10.1. The predicted octanol–water partition coefficient (Wildman–Crippen LogP) is 3.14. The maximum absolute atomic E-state index is 11.6. The van der Waals surface area contributed by atoms with Crippen molar-refractivity contribution in [1.82, 2.24) is 5.32 Å². The Kier molecular flexibility index (Phi) is 6.61. The van der Waals surface area contributed by atoms with E-state index < -0.39 is 6.09 Å². The molecule has 2 rings (SSSR count). The second-order valence-corrected chi connectivity index (χ2v) is 5.40. The van der Waals surface area contributed by atoms with Crippen molar-refractivity contribution < 1.29 is 14.3 Å². The molecule has 128 valence electrons. The fourth-order valence-electron chi connectivity index (χ4n) is 2.05. The zero-order valence-corrected chi connectivity index (χ0v) is 14.0. The third-order valence-corrected chi connectivity index (χ3v) is 3.41. The number of nitrogens with two attached hydrogens (primary N) is 1. The van der Waals surface area contributed by atoms with Gasteiger partial charge in [0.15, 0.2) is 5.78 Å². The second kappa shape index (κ2) is 9.14. The standard InChI is InChI=1S/C20H20N2O3/c1-15(23)18-11-10-17(19(21)13-18)9-5-6-12-22-20(24)25-14-16-7-3-2-4-8-16/h2-4,7-8,10-11,13H,6,12,14,21H2,1H3,(H,22,24). The Balaban J connectivity index is 1.73. The number of nitrogens with one attached hydrogen (secondary N) is 1. The fourth-order valence-corrected chi connectivity index (χ4v) is 2.05. The van der Waals surface area contributed by atoms with Crippen molar-refractivity contribution in [1.29, 1.82) is 0 Å². The third kappa shape index (κ3) is 6.04. The number of benzene rings is 2. The summed E-state index contributed by atoms with van der Waals surface area (Å²) in [6.45, 7) is 2.10. The van der Waals surface area contributed by atoms with E-state index >= 15 is 0 Å². The summed E-state index contributed by atoms with van der Waals surface area (Å²) in [7, 11) is 0. The summed E-state index contributed by atoms with van der Waals surface area (Å²) in [5.74, 6) is 5.83. The number of hydrogen-bond acceptors (Lipinski definition) is 4. The Labute approximate surface area is 147 Å². The molecule has 5 nitrogen and oxygen atoms in total. The smallest absolute Gasteiger partial charge is 0.407 e. The number of alkyl carbamates (subject to hydrolysis) is 1. The number of ketones is 1. The van der Waals surface area contributed by atoms with Crippen molar-refractivity contribution in [2.24, 2.45) is 0 Å². The molecule has 0 aliphatic heterocycles. The topological polar surface area (TPSA) is 81.4 Å². The normalized spacial score (nSPS) is 9.64. The van der Waals surface area contributed by atoms with Crippen molar-refractivity contribution in [2.45, 2.75) is 20.0 Å². The summed E-state index contributed by atoms with van der Waals surface area (Å²) >= 11 is 0. The van der Waals surface area contributed by atoms with E-state index in [1.165, 1.54) is 6.92 Å². The third-order valence-electron chi connectivity index (χ3n) is 3.41. The van der Waals surface area contributed by atoms with Crippen LogP contribution in [0.15, 0.2) is 48.5 Å². The van der Waals surface area contributed by atoms with Crippen LogP contribution in [0, 0.1) is 11.8 Å². The molecule has 0 spiro atoms. The molecule has 2 aromatic rings. The van der Waals surface area contributed by atoms with E-state index in [9.17, 15) is 9.59 Å². The molecule has 2 aromatic carbocycles. The van der Waals surface area contributed by atoms with Gasteiger partial charge >= 0.3 is 6.09 Å². The molecule has 25 heavy (non-hydrogen) atoms. The quantitative estimate of drug-likeness (QED) is 0.380. The molecule has 0 fully saturated rings. The highest BCUT2D eigenvalue weighted by Gasteiger charge is 2.03. The van der Waals surface area contributed by atoms with Crippen LogP contribution in [-0.2, 0) is 11.3 Å². The minimum Gasteiger partial charge on any atom is -0.445 e. The average molecular weight is 336 g/mol. The van der Waals surface area contributed by atoms with Gasteiger partial charge in [-0.3, -0.25) is 4.79 Å². The van der Waals surface area contributed by atoms with E-state index in [1.807, 2.05) is 30.3 Å². The first-order chi connectivity index (χ1) is 12.1. The Bertz CT molecular complexity index is 805. The number of Topliss-reactive ketones (excluding diaryl/α,β-unsaturated/α-hetero) is 1. The van der Waals surface area contributed by atoms with E-state index in [1.54, 1.807) is 18.2 Å². The molecule has 3 N–H and O–H groups in total. The van der Waals surface area contributed by atoms with Gasteiger partial charge in [-0.25, -0.2) is 4.79 Å². The fraction of sp³-hybridized carbons (Fsp3) is 0.200. The van der Waals surface area contributed by atoms with Crippen LogP contribution in [-0.4, -0.2) is 18.4 Å². The molecule has 0 heterocycles. The molecule has 0 aromatic heterocycles. The van der Waals surface area contributed by atoms with Crippen molar-refractivity contribution in [3.8, 4) is 11.8 Å². The minimum absolute atomic E-state index is 0.0376. The molecule has 0 saturated heterocycles. The van der Waals surface area contributed by atoms with Gasteiger partial charge in [-0.05, 0) is 24.6 Å². The number of hydrogen-bond donors (Lipinski definition) is 2. The van der Waals surface area contributed by atoms with Crippen LogP contribution in [0.25, 0.3) is 0 Å². The number of nitrogen functional groups attached to an aromatic ring is 1. The molecule has 0 radical (unpaired) electrons. The van der Waals surface area contributed by atoms with Gasteiger partial charge < -0.3 is 15.8 Å². The molecule has 0 aliphatic rings. The van der Waals surface area contributed by atoms with Crippen LogP contribution in [0.4, 0.5) is 10.5 Å². The molecule has 0 atom stereocenters. The van der Waals surface area contributed by atoms with E-state index in [-0.39, 0.29) is 12.4 Å². The lowest BCUT2D eigenvalue weighted by Crippen LogP contribution is -2.24. The van der Waals surface area contributed by atoms with E-state index in [0.29, 0.717) is 29.8 Å². The van der Waals surface area contributed by atoms with Crippen molar-refractivity contribution in [3.63, 3.8) is 0 Å². The summed E-state index contributed by atoms with van der Waals surface area (Å²) in [6.07, 6.45) is -0.00934. The van der Waals surface area contributed by atoms with Gasteiger partial charge in [0.2, 0.25) is 0 Å². The molecule has 0 aliphatic carbocycles. The van der Waals surface area contributed by atoms with Crippen LogP contribution in [0.1, 0.15) is 34.8 Å². The highest BCUT2D eigenvalue weighted by atomic mass is 16.5. The number of rotatable bonds is 5. The van der Waals surface area contributed by atoms with E-state index in [0.717, 1.165) is 5.56 Å². The van der Waals surface area contributed by atoms with Crippen LogP contribution < -0.4 is 11.1 Å². The van der Waals surface area contributed by atoms with Crippen molar-refractivity contribution >= 4 is 17.6 Å². The van der Waals surface area contributed by atoms with Gasteiger partial charge in [0, 0.05) is 29.8 Å². The van der Waals surface area contributed by atoms with Gasteiger partial charge in [-0.1, -0.05) is 48.2 Å². The van der Waals surface area contributed by atoms with Crippen LogP contribution in [0.3, 0.4) is 0 Å². The largest absolute Gasteiger partial charge is 0.445 e. The molecule has 5 heteroatoms. The zero-order valence-electron chi connectivity index (χ0n) is 14.0. The first kappa shape index (κ1) is 18.1. The maximum Gasteiger partial charge on any atom is 0.407 e. The Morgan fingerprint density at radius 1 is 1.16 bits per heavy atom.